The Hall–Kier alpha value is -1.06. The summed E-state index contributed by atoms with van der Waals surface area (Å²) in [5.74, 6) is 0.494. The van der Waals surface area contributed by atoms with Crippen molar-refractivity contribution >= 4 is 18.4 Å². The van der Waals surface area contributed by atoms with Crippen molar-refractivity contribution in [2.24, 2.45) is 5.92 Å². The molecule has 0 radical (unpaired) electrons. The first-order chi connectivity index (χ1) is 10.2. The van der Waals surface area contributed by atoms with Gasteiger partial charge in [-0.05, 0) is 44.8 Å². The van der Waals surface area contributed by atoms with Gasteiger partial charge in [0.1, 0.15) is 0 Å². The molecule has 3 nitrogen and oxygen atoms in total. The second kappa shape index (κ2) is 7.47. The Morgan fingerprint density at radius 1 is 1.27 bits per heavy atom. The first-order valence-corrected chi connectivity index (χ1v) is 8.12. The molecule has 0 spiro atoms. The first kappa shape index (κ1) is 17.3. The number of ether oxygens (including phenoxy) is 1. The summed E-state index contributed by atoms with van der Waals surface area (Å²) in [6, 6.07) is 10.2. The molecule has 1 saturated carbocycles. The zero-order valence-corrected chi connectivity index (χ0v) is 14.1. The molecule has 0 bridgehead atoms. The Labute approximate surface area is 139 Å². The number of rotatable bonds is 4. The first-order valence-electron chi connectivity index (χ1n) is 8.12. The predicted molar refractivity (Wildman–Crippen MR) is 90.4 cm³/mol. The quantitative estimate of drug-likeness (QED) is 0.795. The molecule has 1 aliphatic carbocycles. The standard InChI is InChI=1S/C18H25NO2.ClH/c1-19-12-5-7-15(13-19)14-21-17(20)18(10-6-11-18)16-8-3-2-4-9-16;/h2-4,8-9,15H,5-7,10-14H2,1H3;1H. The summed E-state index contributed by atoms with van der Waals surface area (Å²) >= 11 is 0. The number of hydrogen-bond donors (Lipinski definition) is 0. The number of carbonyl (C=O) groups is 1. The lowest BCUT2D eigenvalue weighted by atomic mass is 9.64. The number of carbonyl (C=O) groups excluding carboxylic acids is 1. The van der Waals surface area contributed by atoms with Crippen LogP contribution >= 0.6 is 12.4 Å². The summed E-state index contributed by atoms with van der Waals surface area (Å²) in [6.45, 7) is 2.79. The van der Waals surface area contributed by atoms with Crippen molar-refractivity contribution in [1.29, 1.82) is 0 Å². The molecular formula is C18H26ClNO2. The van der Waals surface area contributed by atoms with E-state index in [2.05, 4.69) is 24.1 Å². The van der Waals surface area contributed by atoms with Gasteiger partial charge in [-0.15, -0.1) is 12.4 Å². The molecule has 1 aromatic carbocycles. The van der Waals surface area contributed by atoms with Crippen LogP contribution in [0, 0.1) is 5.92 Å². The Balaban J connectivity index is 0.00000176. The molecule has 0 aromatic heterocycles. The van der Waals surface area contributed by atoms with Crippen molar-refractivity contribution < 1.29 is 9.53 Å². The van der Waals surface area contributed by atoms with Crippen molar-refractivity contribution in [3.63, 3.8) is 0 Å². The van der Waals surface area contributed by atoms with Gasteiger partial charge in [-0.1, -0.05) is 36.8 Å². The lowest BCUT2D eigenvalue weighted by Gasteiger charge is -2.40. The van der Waals surface area contributed by atoms with Gasteiger partial charge in [-0.3, -0.25) is 4.79 Å². The Morgan fingerprint density at radius 2 is 2.00 bits per heavy atom. The molecule has 1 aromatic rings. The van der Waals surface area contributed by atoms with E-state index >= 15 is 0 Å². The number of esters is 1. The van der Waals surface area contributed by atoms with E-state index < -0.39 is 0 Å². The van der Waals surface area contributed by atoms with E-state index in [1.54, 1.807) is 0 Å². The van der Waals surface area contributed by atoms with Crippen molar-refractivity contribution in [1.82, 2.24) is 4.90 Å². The van der Waals surface area contributed by atoms with Crippen LogP contribution in [-0.4, -0.2) is 37.6 Å². The fourth-order valence-electron chi connectivity index (χ4n) is 3.64. The summed E-state index contributed by atoms with van der Waals surface area (Å²) in [5.41, 5.74) is 0.768. The third-order valence-corrected chi connectivity index (χ3v) is 5.10. The van der Waals surface area contributed by atoms with Gasteiger partial charge >= 0.3 is 5.97 Å². The SMILES string of the molecule is CN1CCCC(COC(=O)C2(c3ccccc3)CCC2)C1.Cl. The van der Waals surface area contributed by atoms with Crippen LogP contribution in [0.3, 0.4) is 0 Å². The average Bonchev–Trinajstić information content (AvgIpc) is 2.45. The van der Waals surface area contributed by atoms with Gasteiger partial charge < -0.3 is 9.64 Å². The smallest absolute Gasteiger partial charge is 0.316 e. The summed E-state index contributed by atoms with van der Waals surface area (Å²) in [7, 11) is 2.14. The van der Waals surface area contributed by atoms with E-state index in [0.29, 0.717) is 12.5 Å². The normalized spacial score (nSPS) is 24.0. The Bertz CT molecular complexity index is 487. The summed E-state index contributed by atoms with van der Waals surface area (Å²) in [4.78, 5) is 15.0. The molecule has 3 rings (SSSR count). The van der Waals surface area contributed by atoms with E-state index in [1.807, 2.05) is 18.2 Å². The van der Waals surface area contributed by atoms with Crippen molar-refractivity contribution in [2.75, 3.05) is 26.7 Å². The second-order valence-electron chi connectivity index (χ2n) is 6.67. The number of nitrogens with zero attached hydrogens (tertiary/aromatic N) is 1. The minimum atomic E-state index is -0.359. The predicted octanol–water partition coefficient (Wildman–Crippen LogP) is 3.42. The lowest BCUT2D eigenvalue weighted by molar-refractivity contribution is -0.156. The van der Waals surface area contributed by atoms with Crippen LogP contribution in [0.25, 0.3) is 0 Å². The fraction of sp³-hybridized carbons (Fsp3) is 0.611. The van der Waals surface area contributed by atoms with Crippen LogP contribution in [0.2, 0.25) is 0 Å². The average molecular weight is 324 g/mol. The van der Waals surface area contributed by atoms with Gasteiger partial charge in [-0.25, -0.2) is 0 Å². The summed E-state index contributed by atoms with van der Waals surface area (Å²) < 4.78 is 5.73. The molecule has 1 aliphatic heterocycles. The van der Waals surface area contributed by atoms with E-state index in [1.165, 1.54) is 19.4 Å². The number of hydrogen-bond acceptors (Lipinski definition) is 3. The molecule has 22 heavy (non-hydrogen) atoms. The number of likely N-dealkylation sites (tertiary alicyclic amines) is 1. The van der Waals surface area contributed by atoms with Crippen molar-refractivity contribution in [3.8, 4) is 0 Å². The zero-order chi connectivity index (χ0) is 14.7. The van der Waals surface area contributed by atoms with Gasteiger partial charge in [0.25, 0.3) is 0 Å². The largest absolute Gasteiger partial charge is 0.465 e. The molecule has 2 fully saturated rings. The highest BCUT2D eigenvalue weighted by Crippen LogP contribution is 2.44. The van der Waals surface area contributed by atoms with Gasteiger partial charge in [0.2, 0.25) is 0 Å². The molecule has 1 atom stereocenters. The Morgan fingerprint density at radius 3 is 2.59 bits per heavy atom. The third kappa shape index (κ3) is 3.47. The van der Waals surface area contributed by atoms with E-state index in [-0.39, 0.29) is 23.8 Å². The van der Waals surface area contributed by atoms with Gasteiger partial charge in [0, 0.05) is 12.5 Å². The highest BCUT2D eigenvalue weighted by atomic mass is 35.5. The van der Waals surface area contributed by atoms with Crippen molar-refractivity contribution in [2.45, 2.75) is 37.5 Å². The van der Waals surface area contributed by atoms with E-state index in [9.17, 15) is 4.79 Å². The molecule has 0 amide bonds. The number of piperidine rings is 1. The molecule has 1 heterocycles. The maximum atomic E-state index is 12.6. The molecule has 4 heteroatoms. The molecule has 1 unspecified atom stereocenters. The summed E-state index contributed by atoms with van der Waals surface area (Å²) in [6.07, 6.45) is 5.37. The zero-order valence-electron chi connectivity index (χ0n) is 13.3. The van der Waals surface area contributed by atoms with Gasteiger partial charge in [0.15, 0.2) is 0 Å². The minimum Gasteiger partial charge on any atom is -0.465 e. The molecular weight excluding hydrogens is 298 g/mol. The number of halogens is 1. The highest BCUT2D eigenvalue weighted by Gasteiger charge is 2.47. The van der Waals surface area contributed by atoms with Crippen LogP contribution in [0.15, 0.2) is 30.3 Å². The molecule has 1 saturated heterocycles. The maximum absolute atomic E-state index is 12.6. The van der Waals surface area contributed by atoms with Crippen LogP contribution in [-0.2, 0) is 14.9 Å². The van der Waals surface area contributed by atoms with E-state index in [0.717, 1.165) is 31.4 Å². The van der Waals surface area contributed by atoms with Crippen LogP contribution in [0.1, 0.15) is 37.7 Å². The van der Waals surface area contributed by atoms with Crippen molar-refractivity contribution in [3.05, 3.63) is 35.9 Å². The number of benzene rings is 1. The highest BCUT2D eigenvalue weighted by molar-refractivity contribution is 5.85. The van der Waals surface area contributed by atoms with E-state index in [4.69, 9.17) is 4.74 Å². The molecule has 0 N–H and O–H groups in total. The van der Waals surface area contributed by atoms with Crippen LogP contribution in [0.5, 0.6) is 0 Å². The lowest BCUT2D eigenvalue weighted by Crippen LogP contribution is -2.44. The topological polar surface area (TPSA) is 29.5 Å². The third-order valence-electron chi connectivity index (χ3n) is 5.10. The van der Waals surface area contributed by atoms with Crippen LogP contribution in [0.4, 0.5) is 0 Å². The second-order valence-corrected chi connectivity index (χ2v) is 6.67. The maximum Gasteiger partial charge on any atom is 0.316 e. The molecule has 2 aliphatic rings. The minimum absolute atomic E-state index is 0. The Kier molecular flexibility index (Phi) is 5.87. The fourth-order valence-corrected chi connectivity index (χ4v) is 3.64. The summed E-state index contributed by atoms with van der Waals surface area (Å²) in [5, 5.41) is 0. The monoisotopic (exact) mass is 323 g/mol. The van der Waals surface area contributed by atoms with Gasteiger partial charge in [-0.2, -0.15) is 0 Å². The van der Waals surface area contributed by atoms with Crippen LogP contribution < -0.4 is 0 Å². The van der Waals surface area contributed by atoms with Gasteiger partial charge in [0.05, 0.1) is 12.0 Å². The molecule has 122 valence electrons.